The first-order chi connectivity index (χ1) is 58.8. The molecule has 0 radical (unpaired) electrons. The van der Waals surface area contributed by atoms with Crippen molar-refractivity contribution in [3.63, 3.8) is 0 Å². The Bertz CT molecular complexity index is 3570. The predicted molar refractivity (Wildman–Crippen MR) is 534 cm³/mol. The van der Waals surface area contributed by atoms with E-state index in [1.807, 2.05) is 5.28 Å². The van der Waals surface area contributed by atoms with Crippen molar-refractivity contribution in [2.45, 2.75) is 570 Å². The fourth-order valence-corrected chi connectivity index (χ4v) is 28.6. The summed E-state index contributed by atoms with van der Waals surface area (Å²) >= 11 is 0. The van der Waals surface area contributed by atoms with Crippen molar-refractivity contribution < 1.29 is 14.5 Å². The van der Waals surface area contributed by atoms with Crippen molar-refractivity contribution in [2.24, 2.45) is 15.3 Å². The molecule has 0 spiro atoms. The summed E-state index contributed by atoms with van der Waals surface area (Å²) < 4.78 is 0. The summed E-state index contributed by atoms with van der Waals surface area (Å²) in [6.07, 6.45) is 32.2. The first-order valence-electron chi connectivity index (χ1n) is 51.2. The highest BCUT2D eigenvalue weighted by molar-refractivity contribution is 5.95. The third-order valence-electron chi connectivity index (χ3n) is 29.1. The molecular formula is C102H194N24O3. The minimum absolute atomic E-state index is 0.0525. The number of hydrazone groups is 3. The van der Waals surface area contributed by atoms with E-state index < -0.39 is 0 Å². The SMILES string of the molecule is CC1(C)CC(ON2N=C(N(C3CC(C)(C)NC(C)(C)C3)C3CC(C)(C)NC(C)(C)C3)C=C(NCCCCCCN(CCCCCCNC3=CC(N(C4CC(C)(C)NC(C)(C)C4)C4CC(C)(C)NC(C)(C)C4)=NN(OC4CC(C)(C)NC(C)(C)C4)N3)C3=CC(N(C4CC(C)(C)NC(C)(C)C4)C4CC(C)(C)NC(C)(C)C4)=NN(OC4CC(C)(C)NC(C)(C)C4)N3)N2)CC(C)(C)N1. The van der Waals surface area contributed by atoms with E-state index in [9.17, 15) is 0 Å². The summed E-state index contributed by atoms with van der Waals surface area (Å²) in [6.45, 7) is 88.4. The second-order valence-corrected chi connectivity index (χ2v) is 54.9. The summed E-state index contributed by atoms with van der Waals surface area (Å²) in [5.74, 6) is 5.80. The zero-order valence-electron chi connectivity index (χ0n) is 88.8. The Hall–Kier alpha value is -4.65. The Labute approximate surface area is 785 Å². The molecule has 27 heteroatoms. The van der Waals surface area contributed by atoms with Gasteiger partial charge in [0.1, 0.15) is 17.5 Å². The second-order valence-electron chi connectivity index (χ2n) is 54.9. The number of hydrogen-bond donors (Lipinski definition) is 14. The third kappa shape index (κ3) is 29.7. The number of amidine groups is 3. The number of hydrazine groups is 3. The summed E-state index contributed by atoms with van der Waals surface area (Å²) in [5.41, 5.74) is 9.60. The van der Waals surface area contributed by atoms with Crippen LogP contribution < -0.4 is 74.8 Å². The number of piperidine rings is 9. The number of unbranched alkanes of at least 4 members (excludes halogenated alkanes) is 6. The molecule has 27 nitrogen and oxygen atoms in total. The normalized spacial score (nSPS) is 28.7. The van der Waals surface area contributed by atoms with Gasteiger partial charge in [-0.3, -0.25) is 0 Å². The third-order valence-corrected chi connectivity index (χ3v) is 29.1. The summed E-state index contributed by atoms with van der Waals surface area (Å²) in [6, 6.07) is 1.40. The minimum atomic E-state index is -0.138. The molecule has 0 aromatic rings. The maximum Gasteiger partial charge on any atom is 0.157 e. The summed E-state index contributed by atoms with van der Waals surface area (Å²) in [7, 11) is 0. The van der Waals surface area contributed by atoms with Crippen molar-refractivity contribution in [3.05, 3.63) is 35.7 Å². The van der Waals surface area contributed by atoms with Crippen molar-refractivity contribution in [1.82, 2.24) is 110 Å². The van der Waals surface area contributed by atoms with Gasteiger partial charge in [0.2, 0.25) is 0 Å². The molecule has 0 aromatic heterocycles. The van der Waals surface area contributed by atoms with Crippen molar-refractivity contribution >= 4 is 17.5 Å². The van der Waals surface area contributed by atoms with Crippen LogP contribution in [0.15, 0.2) is 51.0 Å². The lowest BCUT2D eigenvalue weighted by atomic mass is 9.75. The lowest BCUT2D eigenvalue weighted by molar-refractivity contribution is -0.244. The first-order valence-corrected chi connectivity index (χ1v) is 51.2. The molecule has 12 aliphatic rings. The molecule has 740 valence electrons. The number of hydrogen-bond acceptors (Lipinski definition) is 27. The number of nitrogens with one attached hydrogen (secondary N) is 14. The van der Waals surface area contributed by atoms with E-state index in [2.05, 4.69) is 362 Å². The van der Waals surface area contributed by atoms with Crippen LogP contribution in [-0.2, 0) is 14.5 Å². The second kappa shape index (κ2) is 37.3. The van der Waals surface area contributed by atoms with Gasteiger partial charge in [0.25, 0.3) is 0 Å². The monoisotopic (exact) mass is 1800 g/mol. The van der Waals surface area contributed by atoms with E-state index in [4.69, 9.17) is 29.8 Å². The van der Waals surface area contributed by atoms with Gasteiger partial charge in [-0.25, -0.2) is 30.8 Å². The zero-order chi connectivity index (χ0) is 95.2. The Balaban J connectivity index is 0.816. The minimum Gasteiger partial charge on any atom is -0.370 e. The molecule has 9 saturated heterocycles. The average Bonchev–Trinajstić information content (AvgIpc) is 0.758. The lowest BCUT2D eigenvalue weighted by Gasteiger charge is -2.56. The maximum atomic E-state index is 7.38. The molecular weight excluding hydrogens is 1610 g/mol. The van der Waals surface area contributed by atoms with Gasteiger partial charge in [-0.1, -0.05) is 41.5 Å². The van der Waals surface area contributed by atoms with Gasteiger partial charge >= 0.3 is 0 Å². The highest BCUT2D eigenvalue weighted by Crippen LogP contribution is 2.46. The molecule has 0 atom stereocenters. The van der Waals surface area contributed by atoms with Crippen LogP contribution in [0.4, 0.5) is 0 Å². The Morgan fingerprint density at radius 3 is 0.659 bits per heavy atom. The fraction of sp³-hybridized carbons (Fsp3) is 0.912. The van der Waals surface area contributed by atoms with Crippen molar-refractivity contribution in [2.75, 3.05) is 26.2 Å². The van der Waals surface area contributed by atoms with Gasteiger partial charge in [-0.15, -0.1) is 15.3 Å². The Morgan fingerprint density at radius 1 is 0.256 bits per heavy atom. The number of rotatable bonds is 29. The standard InChI is InChI=1S/C102H194N24O3/c1-85(2)52-70(53-86(3,4)111-85)121(71-54-87(5,6)112-88(7,8)55-71)82-49-79(105-124(108-82)127-76-64-97(25,26)117-98(27,28)65-76)103-45-41-37-39-43-47-120(81-51-84(110-126(107-81)129-78-68-101(33,34)119-102(35,36)69-78)123(74-60-93(17,18)115-94(19,20)61-74)75-62-95(21,22)116-96(23,24)63-75)48-44-40-38-42-46-104-80-50-83(109-125(106-80)128-77-66-99(29,30)118-100(31,32)67-77)122(72-56-89(9,10)113-90(11,12)57-72)73-58-91(13,14)114-92(15,16)59-73/h49-51,70-78,103-107,111-119H,37-48,52-69H2,1-36H3. The van der Waals surface area contributed by atoms with Crippen LogP contribution in [0.5, 0.6) is 0 Å². The van der Waals surface area contributed by atoms with E-state index in [1.165, 1.54) is 0 Å². The van der Waals surface area contributed by atoms with E-state index in [0.717, 1.165) is 228 Å². The van der Waals surface area contributed by atoms with Gasteiger partial charge in [0.05, 0.1) is 18.3 Å². The Kier molecular flexibility index (Phi) is 29.9. The van der Waals surface area contributed by atoms with Gasteiger partial charge in [0.15, 0.2) is 17.5 Å². The van der Waals surface area contributed by atoms with Crippen LogP contribution >= 0.6 is 0 Å². The average molecular weight is 1800 g/mol. The van der Waals surface area contributed by atoms with Gasteiger partial charge in [0, 0.05) is 180 Å². The summed E-state index contributed by atoms with van der Waals surface area (Å²) in [5, 5.41) is 66.0. The van der Waals surface area contributed by atoms with E-state index in [-0.39, 0.29) is 154 Å². The molecule has 0 saturated carbocycles. The quantitative estimate of drug-likeness (QED) is 0.0311. The van der Waals surface area contributed by atoms with Crippen LogP contribution in [0, 0.1) is 0 Å². The van der Waals surface area contributed by atoms with Gasteiger partial charge in [-0.05, 0) is 391 Å². The van der Waals surface area contributed by atoms with Crippen LogP contribution in [0.3, 0.4) is 0 Å². The van der Waals surface area contributed by atoms with Crippen LogP contribution in [-0.4, -0.2) is 233 Å². The molecule has 12 heterocycles. The van der Waals surface area contributed by atoms with E-state index >= 15 is 0 Å². The number of nitrogens with zero attached hydrogens (tertiary/aromatic N) is 10. The molecule has 129 heavy (non-hydrogen) atoms. The smallest absolute Gasteiger partial charge is 0.157 e. The van der Waals surface area contributed by atoms with Gasteiger partial charge < -0.3 is 78.1 Å². The van der Waals surface area contributed by atoms with Gasteiger partial charge in [-0.2, -0.15) is 0 Å². The van der Waals surface area contributed by atoms with E-state index in [0.29, 0.717) is 0 Å². The molecule has 0 unspecified atom stereocenters. The molecule has 0 aliphatic carbocycles. The van der Waals surface area contributed by atoms with Crippen molar-refractivity contribution in [3.8, 4) is 0 Å². The largest absolute Gasteiger partial charge is 0.370 e. The van der Waals surface area contributed by atoms with E-state index in [1.54, 1.807) is 10.6 Å². The molecule has 12 rings (SSSR count). The van der Waals surface area contributed by atoms with Crippen LogP contribution in [0.2, 0.25) is 0 Å². The topological polar surface area (TPSA) is 256 Å². The molecule has 0 aromatic carbocycles. The Morgan fingerprint density at radius 2 is 0.442 bits per heavy atom. The maximum absolute atomic E-state index is 7.38. The van der Waals surface area contributed by atoms with Crippen LogP contribution in [0.1, 0.15) is 416 Å². The molecule has 0 bridgehead atoms. The molecule has 12 aliphatic heterocycles. The molecule has 0 amide bonds. The molecule has 9 fully saturated rings. The lowest BCUT2D eigenvalue weighted by Crippen LogP contribution is -2.68. The summed E-state index contributed by atoms with van der Waals surface area (Å²) in [4.78, 5) is 32.6. The van der Waals surface area contributed by atoms with Crippen molar-refractivity contribution in [1.29, 1.82) is 0 Å². The first kappa shape index (κ1) is 103. The van der Waals surface area contributed by atoms with Crippen LogP contribution in [0.25, 0.3) is 0 Å². The fourth-order valence-electron chi connectivity index (χ4n) is 28.6. The molecule has 14 N–H and O–H groups in total. The highest BCUT2D eigenvalue weighted by Gasteiger charge is 2.54. The highest BCUT2D eigenvalue weighted by atomic mass is 16.8. The zero-order valence-corrected chi connectivity index (χ0v) is 88.8. The predicted octanol–water partition coefficient (Wildman–Crippen LogP) is 16.0.